The largest absolute Gasteiger partial charge is 0.452 e. The van der Waals surface area contributed by atoms with Crippen LogP contribution in [0.5, 0.6) is 0 Å². The van der Waals surface area contributed by atoms with E-state index in [1.165, 1.54) is 0 Å². The van der Waals surface area contributed by atoms with E-state index in [1.54, 1.807) is 54.6 Å². The molecule has 0 radical (unpaired) electrons. The highest BCUT2D eigenvalue weighted by Gasteiger charge is 2.09. The molecule has 2 aromatic carbocycles. The van der Waals surface area contributed by atoms with Crippen molar-refractivity contribution < 1.29 is 14.3 Å². The van der Waals surface area contributed by atoms with Gasteiger partial charge in [0, 0.05) is 5.69 Å². The number of hydrogen-bond acceptors (Lipinski definition) is 4. The van der Waals surface area contributed by atoms with Crippen LogP contribution in [0.3, 0.4) is 0 Å². The Morgan fingerprint density at radius 2 is 1.71 bits per heavy atom. The molecular formula is C16H12N2O3. The lowest BCUT2D eigenvalue weighted by molar-refractivity contribution is -0.119. The van der Waals surface area contributed by atoms with Gasteiger partial charge in [0.25, 0.3) is 5.91 Å². The number of nitrogens with one attached hydrogen (secondary N) is 1. The summed E-state index contributed by atoms with van der Waals surface area (Å²) >= 11 is 0. The van der Waals surface area contributed by atoms with Crippen LogP contribution in [0.4, 0.5) is 5.69 Å². The molecule has 2 rings (SSSR count). The fourth-order valence-corrected chi connectivity index (χ4v) is 1.61. The maximum absolute atomic E-state index is 11.6. The first-order chi connectivity index (χ1) is 10.2. The molecule has 1 N–H and O–H groups in total. The maximum atomic E-state index is 11.6. The Balaban J connectivity index is 1.85. The zero-order valence-corrected chi connectivity index (χ0v) is 11.1. The van der Waals surface area contributed by atoms with Crippen molar-refractivity contribution in [2.75, 3.05) is 11.9 Å². The first-order valence-electron chi connectivity index (χ1n) is 6.21. The molecule has 0 bridgehead atoms. The highest BCUT2D eigenvalue weighted by molar-refractivity contribution is 5.95. The second-order valence-corrected chi connectivity index (χ2v) is 4.18. The summed E-state index contributed by atoms with van der Waals surface area (Å²) in [5.41, 5.74) is 1.43. The van der Waals surface area contributed by atoms with Crippen molar-refractivity contribution in [1.29, 1.82) is 5.26 Å². The van der Waals surface area contributed by atoms with Crippen molar-refractivity contribution in [2.45, 2.75) is 0 Å². The molecule has 1 amide bonds. The number of hydrogen-bond donors (Lipinski definition) is 1. The van der Waals surface area contributed by atoms with E-state index in [0.717, 1.165) is 0 Å². The van der Waals surface area contributed by atoms with Gasteiger partial charge in [-0.1, -0.05) is 18.2 Å². The predicted octanol–water partition coefficient (Wildman–Crippen LogP) is 2.35. The molecule has 5 nitrogen and oxygen atoms in total. The molecule has 21 heavy (non-hydrogen) atoms. The van der Waals surface area contributed by atoms with E-state index in [-0.39, 0.29) is 6.61 Å². The lowest BCUT2D eigenvalue weighted by Gasteiger charge is -2.06. The number of carbonyl (C=O) groups excluding carboxylic acids is 2. The number of nitrogens with zero attached hydrogens (tertiary/aromatic N) is 1. The highest BCUT2D eigenvalue weighted by atomic mass is 16.5. The van der Waals surface area contributed by atoms with Crippen molar-refractivity contribution in [3.8, 4) is 6.07 Å². The third-order valence-corrected chi connectivity index (χ3v) is 2.64. The summed E-state index contributed by atoms with van der Waals surface area (Å²) in [5.74, 6) is -0.991. The van der Waals surface area contributed by atoms with Gasteiger partial charge in [-0.2, -0.15) is 5.26 Å². The number of ether oxygens (including phenoxy) is 1. The second-order valence-electron chi connectivity index (χ2n) is 4.18. The summed E-state index contributed by atoms with van der Waals surface area (Å²) in [7, 11) is 0. The van der Waals surface area contributed by atoms with E-state index in [1.807, 2.05) is 6.07 Å². The lowest BCUT2D eigenvalue weighted by Crippen LogP contribution is -2.20. The van der Waals surface area contributed by atoms with Gasteiger partial charge in [-0.3, -0.25) is 4.79 Å². The Morgan fingerprint density at radius 3 is 2.33 bits per heavy atom. The average molecular weight is 280 g/mol. The Bertz CT molecular complexity index is 673. The van der Waals surface area contributed by atoms with Gasteiger partial charge in [0.2, 0.25) is 0 Å². The number of rotatable bonds is 4. The molecule has 0 heterocycles. The molecule has 2 aromatic rings. The molecule has 0 aromatic heterocycles. The molecule has 0 spiro atoms. The van der Waals surface area contributed by atoms with Crippen molar-refractivity contribution >= 4 is 17.6 Å². The zero-order chi connectivity index (χ0) is 15.1. The van der Waals surface area contributed by atoms with Crippen LogP contribution in [0.2, 0.25) is 0 Å². The molecule has 0 aliphatic heterocycles. The van der Waals surface area contributed by atoms with Gasteiger partial charge in [0.05, 0.1) is 17.2 Å². The van der Waals surface area contributed by atoms with Crippen molar-refractivity contribution in [3.05, 3.63) is 65.7 Å². The smallest absolute Gasteiger partial charge is 0.338 e. The fourth-order valence-electron chi connectivity index (χ4n) is 1.61. The highest BCUT2D eigenvalue weighted by Crippen LogP contribution is 2.08. The van der Waals surface area contributed by atoms with E-state index < -0.39 is 11.9 Å². The van der Waals surface area contributed by atoms with Crippen molar-refractivity contribution in [3.63, 3.8) is 0 Å². The molecule has 104 valence electrons. The Morgan fingerprint density at radius 1 is 1.05 bits per heavy atom. The molecule has 0 unspecified atom stereocenters. The van der Waals surface area contributed by atoms with Gasteiger partial charge >= 0.3 is 5.97 Å². The van der Waals surface area contributed by atoms with Gasteiger partial charge in [0.15, 0.2) is 6.61 Å². The van der Waals surface area contributed by atoms with Crippen LogP contribution in [0.25, 0.3) is 0 Å². The number of esters is 1. The third kappa shape index (κ3) is 4.18. The molecule has 0 atom stereocenters. The molecule has 0 aliphatic rings. The summed E-state index contributed by atoms with van der Waals surface area (Å²) in [4.78, 5) is 23.3. The van der Waals surface area contributed by atoms with Crippen LogP contribution in [0.15, 0.2) is 54.6 Å². The second kappa shape index (κ2) is 6.87. The average Bonchev–Trinajstić information content (AvgIpc) is 2.54. The predicted molar refractivity (Wildman–Crippen MR) is 76.5 cm³/mol. The first kappa shape index (κ1) is 14.3. The van der Waals surface area contributed by atoms with Gasteiger partial charge in [-0.05, 0) is 36.4 Å². The molecule has 0 fully saturated rings. The van der Waals surface area contributed by atoms with E-state index in [0.29, 0.717) is 16.8 Å². The molecule has 0 aliphatic carbocycles. The van der Waals surface area contributed by atoms with E-state index >= 15 is 0 Å². The Hall–Kier alpha value is -3.13. The maximum Gasteiger partial charge on any atom is 0.338 e. The fraction of sp³-hybridized carbons (Fsp3) is 0.0625. The quantitative estimate of drug-likeness (QED) is 0.872. The Kier molecular flexibility index (Phi) is 4.67. The van der Waals surface area contributed by atoms with Crippen molar-refractivity contribution in [1.82, 2.24) is 0 Å². The van der Waals surface area contributed by atoms with Gasteiger partial charge in [-0.25, -0.2) is 4.79 Å². The van der Waals surface area contributed by atoms with Crippen LogP contribution >= 0.6 is 0 Å². The summed E-state index contributed by atoms with van der Waals surface area (Å²) < 4.78 is 4.90. The number of amides is 1. The van der Waals surface area contributed by atoms with Crippen molar-refractivity contribution in [2.24, 2.45) is 0 Å². The van der Waals surface area contributed by atoms with E-state index in [2.05, 4.69) is 5.32 Å². The van der Waals surface area contributed by atoms with Crippen LogP contribution < -0.4 is 5.32 Å². The van der Waals surface area contributed by atoms with Crippen LogP contribution in [-0.4, -0.2) is 18.5 Å². The SMILES string of the molecule is N#Cc1ccc(NC(=O)COC(=O)c2ccccc2)cc1. The first-order valence-corrected chi connectivity index (χ1v) is 6.21. The summed E-state index contributed by atoms with van der Waals surface area (Å²) in [6.07, 6.45) is 0. The van der Waals surface area contributed by atoms with Crippen LogP contribution in [-0.2, 0) is 9.53 Å². The molecule has 0 saturated heterocycles. The Labute approximate surface area is 121 Å². The molecule has 5 heteroatoms. The van der Waals surface area contributed by atoms with Crippen LogP contribution in [0, 0.1) is 11.3 Å². The standard InChI is InChI=1S/C16H12N2O3/c17-10-12-6-8-14(9-7-12)18-15(19)11-21-16(20)13-4-2-1-3-5-13/h1-9H,11H2,(H,18,19). The number of carbonyl (C=O) groups is 2. The monoisotopic (exact) mass is 280 g/mol. The summed E-state index contributed by atoms with van der Waals surface area (Å²) in [5, 5.41) is 11.2. The number of nitriles is 1. The third-order valence-electron chi connectivity index (χ3n) is 2.64. The molecule has 0 saturated carbocycles. The zero-order valence-electron chi connectivity index (χ0n) is 11.1. The number of benzene rings is 2. The summed E-state index contributed by atoms with van der Waals surface area (Å²) in [6.45, 7) is -0.367. The normalized spacial score (nSPS) is 9.48. The number of anilines is 1. The topological polar surface area (TPSA) is 79.2 Å². The van der Waals surface area contributed by atoms with Gasteiger partial charge < -0.3 is 10.1 Å². The van der Waals surface area contributed by atoms with Gasteiger partial charge in [0.1, 0.15) is 0 Å². The lowest BCUT2D eigenvalue weighted by atomic mass is 10.2. The minimum atomic E-state index is -0.550. The van der Waals surface area contributed by atoms with Crippen LogP contribution in [0.1, 0.15) is 15.9 Å². The summed E-state index contributed by atoms with van der Waals surface area (Å²) in [6, 6.07) is 16.8. The minimum absolute atomic E-state index is 0.367. The van der Waals surface area contributed by atoms with Gasteiger partial charge in [-0.15, -0.1) is 0 Å². The van der Waals surface area contributed by atoms with E-state index in [9.17, 15) is 9.59 Å². The molecular weight excluding hydrogens is 268 g/mol. The minimum Gasteiger partial charge on any atom is -0.452 e. The van der Waals surface area contributed by atoms with E-state index in [4.69, 9.17) is 10.00 Å².